The van der Waals surface area contributed by atoms with Gasteiger partial charge in [-0.25, -0.2) is 4.39 Å². The standard InChI is InChI=1S/C23H29FN4O3S/c24-18-1-2-21(30-11-16-9-29-10-16)20(7-18)17-3-5-27(6-4-17)19-8-23(31-12-19)13-28(14-23)22-26-25-15-32-22/h1-2,7,15-17,19H,3-6,8-14H2. The maximum absolute atomic E-state index is 14.1. The zero-order chi connectivity index (χ0) is 21.5. The van der Waals surface area contributed by atoms with Crippen molar-refractivity contribution in [1.82, 2.24) is 15.1 Å². The van der Waals surface area contributed by atoms with E-state index in [0.717, 1.165) is 81.7 Å². The molecule has 1 spiro atoms. The molecule has 172 valence electrons. The number of ether oxygens (including phenoxy) is 3. The maximum atomic E-state index is 14.1. The Hall–Kier alpha value is -1.81. The van der Waals surface area contributed by atoms with Crippen molar-refractivity contribution in [1.29, 1.82) is 0 Å². The Morgan fingerprint density at radius 1 is 1.19 bits per heavy atom. The Bertz CT molecular complexity index is 927. The third kappa shape index (κ3) is 4.00. The van der Waals surface area contributed by atoms with Gasteiger partial charge in [0.05, 0.1) is 39.5 Å². The molecule has 4 aliphatic rings. The predicted octanol–water partition coefficient (Wildman–Crippen LogP) is 2.93. The molecule has 1 aromatic carbocycles. The van der Waals surface area contributed by atoms with Gasteiger partial charge in [0.15, 0.2) is 0 Å². The molecule has 2 aromatic rings. The maximum Gasteiger partial charge on any atom is 0.208 e. The van der Waals surface area contributed by atoms with Crippen molar-refractivity contribution in [3.63, 3.8) is 0 Å². The number of aromatic nitrogens is 2. The number of likely N-dealkylation sites (tertiary alicyclic amines) is 1. The molecule has 6 rings (SSSR count). The lowest BCUT2D eigenvalue weighted by Gasteiger charge is -2.47. The molecule has 0 radical (unpaired) electrons. The average molecular weight is 461 g/mol. The fourth-order valence-corrected chi connectivity index (χ4v) is 6.06. The van der Waals surface area contributed by atoms with Gasteiger partial charge in [-0.3, -0.25) is 4.90 Å². The van der Waals surface area contributed by atoms with Crippen LogP contribution < -0.4 is 9.64 Å². The molecule has 4 fully saturated rings. The van der Waals surface area contributed by atoms with E-state index in [9.17, 15) is 4.39 Å². The summed E-state index contributed by atoms with van der Waals surface area (Å²) in [7, 11) is 0. The van der Waals surface area contributed by atoms with Crippen molar-refractivity contribution in [3.8, 4) is 5.75 Å². The Morgan fingerprint density at radius 2 is 2.03 bits per heavy atom. The Labute approximate surface area is 191 Å². The Morgan fingerprint density at radius 3 is 2.75 bits per heavy atom. The highest BCUT2D eigenvalue weighted by molar-refractivity contribution is 7.13. The smallest absolute Gasteiger partial charge is 0.208 e. The van der Waals surface area contributed by atoms with E-state index in [1.54, 1.807) is 29.0 Å². The van der Waals surface area contributed by atoms with E-state index >= 15 is 0 Å². The van der Waals surface area contributed by atoms with Gasteiger partial charge in [-0.1, -0.05) is 11.3 Å². The van der Waals surface area contributed by atoms with Crippen LogP contribution in [0.25, 0.3) is 0 Å². The number of hydrogen-bond acceptors (Lipinski definition) is 8. The molecule has 32 heavy (non-hydrogen) atoms. The second-order valence-electron chi connectivity index (χ2n) is 9.64. The highest BCUT2D eigenvalue weighted by Gasteiger charge is 2.51. The van der Waals surface area contributed by atoms with Crippen molar-refractivity contribution < 1.29 is 18.6 Å². The van der Waals surface area contributed by atoms with Crippen molar-refractivity contribution in [2.75, 3.05) is 57.5 Å². The number of benzene rings is 1. The van der Waals surface area contributed by atoms with Crippen LogP contribution in [-0.4, -0.2) is 79.3 Å². The summed E-state index contributed by atoms with van der Waals surface area (Å²) in [5.74, 6) is 1.45. The molecule has 0 N–H and O–H groups in total. The summed E-state index contributed by atoms with van der Waals surface area (Å²) in [6.45, 7) is 6.81. The lowest BCUT2D eigenvalue weighted by molar-refractivity contribution is -0.0510. The summed E-state index contributed by atoms with van der Waals surface area (Å²) < 4.78 is 31.6. The summed E-state index contributed by atoms with van der Waals surface area (Å²) in [6, 6.07) is 5.45. The van der Waals surface area contributed by atoms with Gasteiger partial charge in [0.1, 0.15) is 22.7 Å². The predicted molar refractivity (Wildman–Crippen MR) is 119 cm³/mol. The summed E-state index contributed by atoms with van der Waals surface area (Å²) in [4.78, 5) is 4.83. The molecule has 4 aliphatic heterocycles. The van der Waals surface area contributed by atoms with E-state index < -0.39 is 0 Å². The van der Waals surface area contributed by atoms with E-state index in [-0.39, 0.29) is 11.4 Å². The molecule has 9 heteroatoms. The first-order chi connectivity index (χ1) is 15.7. The quantitative estimate of drug-likeness (QED) is 0.657. The number of anilines is 1. The van der Waals surface area contributed by atoms with Crippen molar-refractivity contribution in [2.45, 2.75) is 36.8 Å². The molecule has 4 saturated heterocycles. The molecule has 0 aliphatic carbocycles. The van der Waals surface area contributed by atoms with Gasteiger partial charge in [0, 0.05) is 17.5 Å². The van der Waals surface area contributed by atoms with E-state index in [4.69, 9.17) is 14.2 Å². The van der Waals surface area contributed by atoms with Crippen LogP contribution in [-0.2, 0) is 9.47 Å². The van der Waals surface area contributed by atoms with Crippen LogP contribution >= 0.6 is 11.3 Å². The number of hydrogen-bond donors (Lipinski definition) is 0. The molecule has 1 atom stereocenters. The van der Waals surface area contributed by atoms with Crippen LogP contribution in [0, 0.1) is 11.7 Å². The molecular weight excluding hydrogens is 431 g/mol. The molecule has 1 aromatic heterocycles. The third-order valence-electron chi connectivity index (χ3n) is 7.41. The average Bonchev–Trinajstić information content (AvgIpc) is 3.43. The molecule has 0 saturated carbocycles. The largest absolute Gasteiger partial charge is 0.493 e. The van der Waals surface area contributed by atoms with E-state index in [2.05, 4.69) is 20.0 Å². The zero-order valence-electron chi connectivity index (χ0n) is 18.1. The molecule has 7 nitrogen and oxygen atoms in total. The first-order valence-electron chi connectivity index (χ1n) is 11.6. The molecule has 0 amide bonds. The van der Waals surface area contributed by atoms with Crippen molar-refractivity contribution in [2.24, 2.45) is 5.92 Å². The minimum Gasteiger partial charge on any atom is -0.493 e. The van der Waals surface area contributed by atoms with E-state index in [1.807, 2.05) is 0 Å². The van der Waals surface area contributed by atoms with Gasteiger partial charge >= 0.3 is 0 Å². The SMILES string of the molecule is Fc1ccc(OCC2COC2)c(C2CCN(C3COC4(C3)CN(c3nncs3)C4)CC2)c1. The molecule has 1 unspecified atom stereocenters. The summed E-state index contributed by atoms with van der Waals surface area (Å²) in [5.41, 5.74) is 2.78. The number of nitrogens with zero attached hydrogens (tertiary/aromatic N) is 4. The van der Waals surface area contributed by atoms with Crippen LogP contribution in [0.15, 0.2) is 23.7 Å². The lowest BCUT2D eigenvalue weighted by Crippen LogP contribution is -2.62. The molecular formula is C23H29FN4O3S. The molecule has 5 heterocycles. The van der Waals surface area contributed by atoms with Gasteiger partial charge in [-0.15, -0.1) is 10.2 Å². The first-order valence-corrected chi connectivity index (χ1v) is 12.4. The van der Waals surface area contributed by atoms with Crippen LogP contribution in [0.1, 0.15) is 30.7 Å². The zero-order valence-corrected chi connectivity index (χ0v) is 18.9. The third-order valence-corrected chi connectivity index (χ3v) is 8.16. The highest BCUT2D eigenvalue weighted by atomic mass is 32.1. The molecule has 0 bridgehead atoms. The van der Waals surface area contributed by atoms with Gasteiger partial charge in [-0.05, 0) is 56.5 Å². The highest BCUT2D eigenvalue weighted by Crippen LogP contribution is 2.41. The van der Waals surface area contributed by atoms with Gasteiger partial charge < -0.3 is 19.1 Å². The second-order valence-corrected chi connectivity index (χ2v) is 10.4. The monoisotopic (exact) mass is 460 g/mol. The number of rotatable bonds is 6. The van der Waals surface area contributed by atoms with Crippen LogP contribution in [0.3, 0.4) is 0 Å². The van der Waals surface area contributed by atoms with Gasteiger partial charge in [0.25, 0.3) is 0 Å². The van der Waals surface area contributed by atoms with Gasteiger partial charge in [0.2, 0.25) is 5.13 Å². The number of piperidine rings is 1. The minimum absolute atomic E-state index is 0.0258. The van der Waals surface area contributed by atoms with E-state index in [0.29, 0.717) is 24.5 Å². The van der Waals surface area contributed by atoms with Crippen LogP contribution in [0.2, 0.25) is 0 Å². The normalized spacial score (nSPS) is 26.3. The van der Waals surface area contributed by atoms with Gasteiger partial charge in [-0.2, -0.15) is 0 Å². The van der Waals surface area contributed by atoms with Crippen LogP contribution in [0.4, 0.5) is 9.52 Å². The second kappa shape index (κ2) is 8.52. The summed E-state index contributed by atoms with van der Waals surface area (Å²) in [5, 5.41) is 9.09. The topological polar surface area (TPSA) is 60.0 Å². The minimum atomic E-state index is -0.183. The lowest BCUT2D eigenvalue weighted by atomic mass is 9.86. The van der Waals surface area contributed by atoms with Crippen molar-refractivity contribution in [3.05, 3.63) is 35.1 Å². The summed E-state index contributed by atoms with van der Waals surface area (Å²) >= 11 is 1.58. The van der Waals surface area contributed by atoms with Crippen molar-refractivity contribution >= 4 is 16.5 Å². The fraction of sp³-hybridized carbons (Fsp3) is 0.652. The Kier molecular flexibility index (Phi) is 5.53. The fourth-order valence-electron chi connectivity index (χ4n) is 5.50. The van der Waals surface area contributed by atoms with Crippen LogP contribution in [0.5, 0.6) is 5.75 Å². The summed E-state index contributed by atoms with van der Waals surface area (Å²) in [6.07, 6.45) is 3.12. The Balaban J connectivity index is 1.04. The first kappa shape index (κ1) is 20.8. The van der Waals surface area contributed by atoms with E-state index in [1.165, 1.54) is 6.07 Å². The number of halogens is 1.